The molecular weight excluding hydrogens is 880 g/mol. The molecular formula is C39H45F9O9S3. The summed E-state index contributed by atoms with van der Waals surface area (Å²) in [6.45, 7) is 4.66. The summed E-state index contributed by atoms with van der Waals surface area (Å²) in [4.78, 5) is -4.44. The minimum atomic E-state index is -6.34. The van der Waals surface area contributed by atoms with E-state index in [0.717, 1.165) is 31.4 Å². The number of fused-ring (bicyclic) bond motifs is 6. The van der Waals surface area contributed by atoms with Gasteiger partial charge in [0.2, 0.25) is 0 Å². The molecule has 9 nitrogen and oxygen atoms in total. The van der Waals surface area contributed by atoms with Gasteiger partial charge in [0, 0.05) is 0 Å². The SMILES string of the molecule is CCCCCCOc1cc2c3cc(OCCCCCC)c(S(=O)(=O)C(F)(F)F)cc3c3cc(S(=O)(=O)C(F)(F)F)c(OCCCCCC)cc3c2cc1S(=O)(=O)C(F)(F)F. The standard InChI is InChI=1S/C39H45F9O9S3/c1-4-7-10-13-16-55-31-19-25-26-20-32(56-17-14-11-8-5-2)35(59(51,52)38(43,44)45)23-29(26)30-24-36(60(53,54)39(46,47)48)33(57-18-15-12-9-6-3)21-27(30)28(25)22-34(31)58(49,50)37(40,41)42/h19-24H,4-18H2,1-3H3. The summed E-state index contributed by atoms with van der Waals surface area (Å²) >= 11 is 0. The lowest BCUT2D eigenvalue weighted by atomic mass is 9.93. The number of ether oxygens (including phenoxy) is 3. The van der Waals surface area contributed by atoms with Crippen LogP contribution in [0.2, 0.25) is 0 Å². The van der Waals surface area contributed by atoms with Crippen molar-refractivity contribution in [2.24, 2.45) is 0 Å². The Hall–Kier alpha value is -3.72. The second-order valence-corrected chi connectivity index (χ2v) is 19.8. The monoisotopic (exact) mass is 924 g/mol. The Morgan fingerprint density at radius 3 is 0.783 bits per heavy atom. The topological polar surface area (TPSA) is 130 Å². The zero-order valence-electron chi connectivity index (χ0n) is 32.9. The second kappa shape index (κ2) is 19.1. The quantitative estimate of drug-likeness (QED) is 0.0455. The molecule has 336 valence electrons. The molecule has 0 bridgehead atoms. The number of unbranched alkanes of at least 4 members (excludes halogenated alkanes) is 9. The molecule has 21 heteroatoms. The van der Waals surface area contributed by atoms with Crippen molar-refractivity contribution in [3.63, 3.8) is 0 Å². The molecule has 0 heterocycles. The number of benzene rings is 4. The van der Waals surface area contributed by atoms with Gasteiger partial charge >= 0.3 is 16.5 Å². The molecule has 0 atom stereocenters. The van der Waals surface area contributed by atoms with E-state index in [1.807, 2.05) is 20.8 Å². The summed E-state index contributed by atoms with van der Waals surface area (Å²) in [6, 6.07) is 3.66. The van der Waals surface area contributed by atoms with E-state index in [-0.39, 0.29) is 49.9 Å². The van der Waals surface area contributed by atoms with Crippen LogP contribution in [0.15, 0.2) is 51.1 Å². The minimum Gasteiger partial charge on any atom is -0.492 e. The van der Waals surface area contributed by atoms with E-state index in [1.54, 1.807) is 0 Å². The lowest BCUT2D eigenvalue weighted by Crippen LogP contribution is -2.24. The first-order valence-corrected chi connectivity index (χ1v) is 23.7. The first-order valence-electron chi connectivity index (χ1n) is 19.2. The maximum Gasteiger partial charge on any atom is 0.502 e. The summed E-state index contributed by atoms with van der Waals surface area (Å²) in [7, 11) is -18.9. The summed E-state index contributed by atoms with van der Waals surface area (Å²) < 4.78 is 223. The molecule has 0 aliphatic carbocycles. The average Bonchev–Trinajstić information content (AvgIpc) is 3.15. The number of alkyl halides is 9. The number of hydrogen-bond donors (Lipinski definition) is 0. The Balaban J connectivity index is 2.29. The molecule has 0 spiro atoms. The molecule has 4 rings (SSSR count). The first-order chi connectivity index (χ1) is 27.9. The van der Waals surface area contributed by atoms with Gasteiger partial charge in [-0.2, -0.15) is 39.5 Å². The summed E-state index contributed by atoms with van der Waals surface area (Å²) in [5.74, 6) is -2.68. The van der Waals surface area contributed by atoms with Gasteiger partial charge in [0.15, 0.2) is 0 Å². The van der Waals surface area contributed by atoms with Gasteiger partial charge in [-0.1, -0.05) is 78.6 Å². The van der Waals surface area contributed by atoms with Crippen molar-refractivity contribution in [3.05, 3.63) is 36.4 Å². The van der Waals surface area contributed by atoms with Crippen molar-refractivity contribution in [3.8, 4) is 17.2 Å². The van der Waals surface area contributed by atoms with E-state index < -0.39 is 99.5 Å². The maximum absolute atomic E-state index is 14.2. The molecule has 0 saturated carbocycles. The van der Waals surface area contributed by atoms with Gasteiger partial charge in [0.1, 0.15) is 31.9 Å². The lowest BCUT2D eigenvalue weighted by molar-refractivity contribution is -0.0443. The maximum atomic E-state index is 14.2. The molecule has 0 saturated heterocycles. The van der Waals surface area contributed by atoms with E-state index in [9.17, 15) is 64.8 Å². The van der Waals surface area contributed by atoms with Crippen LogP contribution in [0.25, 0.3) is 32.3 Å². The Labute approximate surface area is 342 Å². The molecule has 0 aromatic heterocycles. The van der Waals surface area contributed by atoms with E-state index in [2.05, 4.69) is 0 Å². The van der Waals surface area contributed by atoms with E-state index in [0.29, 0.717) is 62.8 Å². The van der Waals surface area contributed by atoms with Crippen molar-refractivity contribution in [2.45, 2.75) is 129 Å². The highest BCUT2D eigenvalue weighted by Gasteiger charge is 2.51. The number of halogens is 9. The Morgan fingerprint density at radius 2 is 0.583 bits per heavy atom. The largest absolute Gasteiger partial charge is 0.502 e. The molecule has 4 aromatic rings. The van der Waals surface area contributed by atoms with Crippen LogP contribution in [0.4, 0.5) is 39.5 Å². The number of sulfone groups is 3. The highest BCUT2D eigenvalue weighted by Crippen LogP contribution is 2.48. The summed E-state index contributed by atoms with van der Waals surface area (Å²) in [5.41, 5.74) is -17.8. The minimum absolute atomic E-state index is 0.211. The zero-order chi connectivity index (χ0) is 44.9. The molecule has 0 aliphatic rings. The smallest absolute Gasteiger partial charge is 0.492 e. The Kier molecular flexibility index (Phi) is 15.6. The summed E-state index contributed by atoms with van der Waals surface area (Å²) in [6.07, 6.45) is 6.56. The molecule has 0 aliphatic heterocycles. The van der Waals surface area contributed by atoms with Gasteiger partial charge in [-0.05, 0) is 88.0 Å². The van der Waals surface area contributed by atoms with Gasteiger partial charge in [0.25, 0.3) is 29.5 Å². The third-order valence-electron chi connectivity index (χ3n) is 9.67. The van der Waals surface area contributed by atoms with Crippen LogP contribution in [0.5, 0.6) is 17.2 Å². The first kappa shape index (κ1) is 48.9. The van der Waals surface area contributed by atoms with Crippen molar-refractivity contribution >= 4 is 61.8 Å². The molecule has 0 radical (unpaired) electrons. The lowest BCUT2D eigenvalue weighted by Gasteiger charge is -2.21. The predicted octanol–water partition coefficient (Wildman–Crippen LogP) is 11.9. The van der Waals surface area contributed by atoms with Gasteiger partial charge < -0.3 is 14.2 Å². The van der Waals surface area contributed by atoms with E-state index >= 15 is 0 Å². The molecule has 0 amide bonds. The van der Waals surface area contributed by atoms with Gasteiger partial charge in [-0.15, -0.1) is 0 Å². The fraction of sp³-hybridized carbons (Fsp3) is 0.538. The van der Waals surface area contributed by atoms with Crippen molar-refractivity contribution in [1.29, 1.82) is 0 Å². The van der Waals surface area contributed by atoms with Crippen LogP contribution in [0, 0.1) is 0 Å². The van der Waals surface area contributed by atoms with Crippen molar-refractivity contribution < 1.29 is 79.0 Å². The normalized spacial score (nSPS) is 13.4. The fourth-order valence-electron chi connectivity index (χ4n) is 6.49. The number of rotatable bonds is 21. The second-order valence-electron chi connectivity index (χ2n) is 14.1. The van der Waals surface area contributed by atoms with Crippen LogP contribution in [0.3, 0.4) is 0 Å². The average molecular weight is 925 g/mol. The molecule has 0 unspecified atom stereocenters. The zero-order valence-corrected chi connectivity index (χ0v) is 35.3. The van der Waals surface area contributed by atoms with Crippen LogP contribution in [-0.4, -0.2) is 61.6 Å². The highest BCUT2D eigenvalue weighted by molar-refractivity contribution is 7.93. The van der Waals surface area contributed by atoms with Crippen molar-refractivity contribution in [2.75, 3.05) is 19.8 Å². The molecule has 4 aromatic carbocycles. The molecule has 0 N–H and O–H groups in total. The van der Waals surface area contributed by atoms with Gasteiger partial charge in [-0.25, -0.2) is 25.3 Å². The van der Waals surface area contributed by atoms with Crippen LogP contribution in [0.1, 0.15) is 97.8 Å². The fourth-order valence-corrected chi connectivity index (χ4v) is 9.21. The van der Waals surface area contributed by atoms with Gasteiger partial charge in [0.05, 0.1) is 19.8 Å². The van der Waals surface area contributed by atoms with Crippen LogP contribution < -0.4 is 14.2 Å². The third kappa shape index (κ3) is 10.3. The van der Waals surface area contributed by atoms with Crippen LogP contribution >= 0.6 is 0 Å². The third-order valence-corrected chi connectivity index (χ3v) is 14.2. The summed E-state index contributed by atoms with van der Waals surface area (Å²) in [5, 5.41) is -2.86. The highest BCUT2D eigenvalue weighted by atomic mass is 32.2. The predicted molar refractivity (Wildman–Crippen MR) is 208 cm³/mol. The molecule has 0 fully saturated rings. The van der Waals surface area contributed by atoms with Crippen LogP contribution in [-0.2, 0) is 29.5 Å². The number of hydrogen-bond acceptors (Lipinski definition) is 9. The molecule has 60 heavy (non-hydrogen) atoms. The van der Waals surface area contributed by atoms with E-state index in [1.165, 1.54) is 0 Å². The van der Waals surface area contributed by atoms with E-state index in [4.69, 9.17) is 14.2 Å². The Morgan fingerprint density at radius 1 is 0.367 bits per heavy atom. The Bertz CT molecular complexity index is 2500. The van der Waals surface area contributed by atoms with Gasteiger partial charge in [-0.3, -0.25) is 0 Å². The van der Waals surface area contributed by atoms with Crippen molar-refractivity contribution in [1.82, 2.24) is 0 Å².